The van der Waals surface area contributed by atoms with Gasteiger partial charge in [-0.05, 0) is 5.41 Å². The van der Waals surface area contributed by atoms with Crippen LogP contribution in [-0.4, -0.2) is 13.7 Å². The van der Waals surface area contributed by atoms with Gasteiger partial charge in [-0.25, -0.2) is 0 Å². The van der Waals surface area contributed by atoms with Crippen LogP contribution < -0.4 is 0 Å². The zero-order valence-electron chi connectivity index (χ0n) is 7.79. The van der Waals surface area contributed by atoms with Crippen LogP contribution in [0.2, 0.25) is 12.1 Å². The Kier molecular flexibility index (Phi) is 7.65. The van der Waals surface area contributed by atoms with Crippen molar-refractivity contribution >= 4 is 20.6 Å². The van der Waals surface area contributed by atoms with Gasteiger partial charge in [0.1, 0.15) is 0 Å². The first-order valence-electron chi connectivity index (χ1n) is 4.37. The largest absolute Gasteiger partial charge is 0.130 e. The third-order valence-corrected chi connectivity index (χ3v) is 7.90. The summed E-state index contributed by atoms with van der Waals surface area (Å²) in [5, 5.41) is 2.23. The molecule has 1 atom stereocenters. The first-order chi connectivity index (χ1) is 5.38. The Balaban J connectivity index is 0.00000121. The van der Waals surface area contributed by atoms with E-state index in [-0.39, 0.29) is 21.7 Å². The Morgan fingerprint density at radius 3 is 2.33 bits per heavy atom. The zero-order chi connectivity index (χ0) is 8.10. The van der Waals surface area contributed by atoms with Gasteiger partial charge < -0.3 is 0 Å². The molecule has 0 spiro atoms. The fourth-order valence-electron chi connectivity index (χ4n) is 1.42. The Labute approximate surface area is 96.4 Å². The van der Waals surface area contributed by atoms with Crippen molar-refractivity contribution in [2.24, 2.45) is 0 Å². The van der Waals surface area contributed by atoms with Crippen LogP contribution in [-0.2, 0) is 21.7 Å². The minimum absolute atomic E-state index is 0. The van der Waals surface area contributed by atoms with Crippen LogP contribution in [0.1, 0.15) is 13.8 Å². The molecule has 66 valence electrons. The number of thioether (sulfide) groups is 1. The predicted molar refractivity (Wildman–Crippen MR) is 57.8 cm³/mol. The summed E-state index contributed by atoms with van der Waals surface area (Å²) in [7, 11) is -0.449. The van der Waals surface area contributed by atoms with Crippen LogP contribution in [0.5, 0.6) is 0 Å². The van der Waals surface area contributed by atoms with E-state index in [0.717, 1.165) is 4.87 Å². The molecule has 1 aliphatic heterocycles. The summed E-state index contributed by atoms with van der Waals surface area (Å²) < 4.78 is 0. The summed E-state index contributed by atoms with van der Waals surface area (Å²) in [4.78, 5) is 0.870. The molecule has 0 radical (unpaired) electrons. The maximum absolute atomic E-state index is 2.38. The third-order valence-electron chi connectivity index (χ3n) is 2.24. The van der Waals surface area contributed by atoms with E-state index in [1.807, 2.05) is 11.8 Å². The third kappa shape index (κ3) is 3.65. The van der Waals surface area contributed by atoms with Gasteiger partial charge in [-0.3, -0.25) is 0 Å². The number of hydrogen-bond donors (Lipinski definition) is 0. The Bertz CT molecular complexity index is 164. The van der Waals surface area contributed by atoms with E-state index < -0.39 is 8.80 Å². The number of rotatable bonds is 3. The van der Waals surface area contributed by atoms with Gasteiger partial charge >= 0.3 is 0 Å². The quantitative estimate of drug-likeness (QED) is 0.674. The van der Waals surface area contributed by atoms with Gasteiger partial charge in [-0.1, -0.05) is 44.2 Å². The van der Waals surface area contributed by atoms with Gasteiger partial charge in [-0.2, -0.15) is 0 Å². The van der Waals surface area contributed by atoms with E-state index in [4.69, 9.17) is 0 Å². The van der Waals surface area contributed by atoms with Crippen molar-refractivity contribution in [3.05, 3.63) is 23.6 Å². The van der Waals surface area contributed by atoms with Gasteiger partial charge in [0, 0.05) is 26.6 Å². The monoisotopic (exact) mass is 232 g/mol. The van der Waals surface area contributed by atoms with Crippen molar-refractivity contribution in [3.8, 4) is 0 Å². The van der Waals surface area contributed by atoms with E-state index >= 15 is 0 Å². The maximum atomic E-state index is 2.38. The van der Waals surface area contributed by atoms with Crippen molar-refractivity contribution in [3.63, 3.8) is 0 Å². The molecule has 0 amide bonds. The van der Waals surface area contributed by atoms with Crippen molar-refractivity contribution in [1.82, 2.24) is 0 Å². The second kappa shape index (κ2) is 7.19. The molecular formula is C9H16SSiTi. The molecule has 1 rings (SSSR count). The number of hydrogen-bond acceptors (Lipinski definition) is 1. The normalized spacial score (nSPS) is 21.1. The zero-order valence-corrected chi connectivity index (χ0v) is 11.3. The molecule has 0 aromatic heterocycles. The van der Waals surface area contributed by atoms with E-state index in [0.29, 0.717) is 0 Å². The average Bonchev–Trinajstić information content (AvgIpc) is 2.09. The molecule has 0 aromatic rings. The molecular weight excluding hydrogens is 216 g/mol. The molecule has 0 nitrogen and oxygen atoms in total. The first kappa shape index (κ1) is 12.8. The average molecular weight is 232 g/mol. The van der Waals surface area contributed by atoms with Crippen LogP contribution in [0.15, 0.2) is 23.6 Å². The van der Waals surface area contributed by atoms with Gasteiger partial charge in [0.05, 0.1) is 8.80 Å². The smallest absolute Gasteiger partial charge is 0.0565 e. The summed E-state index contributed by atoms with van der Waals surface area (Å²) in [6.45, 7) is 4.68. The first-order valence-corrected chi connectivity index (χ1v) is 7.61. The molecule has 0 bridgehead atoms. The molecule has 0 aliphatic carbocycles. The fraction of sp³-hybridized carbons (Fsp3) is 0.556. The van der Waals surface area contributed by atoms with Gasteiger partial charge in [0.2, 0.25) is 0 Å². The number of allylic oxidation sites excluding steroid dienone is 2. The SMILES string of the molecule is CC[SiH](CC)C1C=CC=CS1.[Ti]. The molecule has 1 heterocycles. The van der Waals surface area contributed by atoms with E-state index in [1.54, 1.807) is 0 Å². The summed E-state index contributed by atoms with van der Waals surface area (Å²) in [6, 6.07) is 2.87. The van der Waals surface area contributed by atoms with Crippen molar-refractivity contribution in [1.29, 1.82) is 0 Å². The summed E-state index contributed by atoms with van der Waals surface area (Å²) >= 11 is 2.01. The van der Waals surface area contributed by atoms with Crippen LogP contribution >= 0.6 is 11.8 Å². The summed E-state index contributed by atoms with van der Waals surface area (Å²) in [5.74, 6) is 0. The molecule has 0 saturated carbocycles. The minimum Gasteiger partial charge on any atom is -0.130 e. The molecule has 0 fully saturated rings. The Morgan fingerprint density at radius 2 is 1.92 bits per heavy atom. The van der Waals surface area contributed by atoms with E-state index in [2.05, 4.69) is 37.5 Å². The van der Waals surface area contributed by atoms with Crippen molar-refractivity contribution < 1.29 is 21.7 Å². The van der Waals surface area contributed by atoms with E-state index in [9.17, 15) is 0 Å². The molecule has 3 heteroatoms. The van der Waals surface area contributed by atoms with Gasteiger partial charge in [0.25, 0.3) is 0 Å². The molecule has 1 aliphatic rings. The van der Waals surface area contributed by atoms with Gasteiger partial charge in [-0.15, -0.1) is 11.8 Å². The molecule has 0 saturated heterocycles. The van der Waals surface area contributed by atoms with E-state index in [1.165, 1.54) is 12.1 Å². The predicted octanol–water partition coefficient (Wildman–Crippen LogP) is 2.98. The van der Waals surface area contributed by atoms with Crippen LogP contribution in [0.4, 0.5) is 0 Å². The molecule has 1 unspecified atom stereocenters. The summed E-state index contributed by atoms with van der Waals surface area (Å²) in [6.07, 6.45) is 6.72. The second-order valence-corrected chi connectivity index (χ2v) is 8.33. The topological polar surface area (TPSA) is 0 Å². The second-order valence-electron chi connectivity index (χ2n) is 2.89. The molecule has 0 aromatic carbocycles. The van der Waals surface area contributed by atoms with Crippen LogP contribution in [0.25, 0.3) is 0 Å². The fourth-order valence-corrected chi connectivity index (χ4v) is 6.23. The standard InChI is InChI=1S/C9H16SSi.Ti/c1-3-11(4-2)9-7-5-6-8-10-9;/h5-9,11H,3-4H2,1-2H3;. The molecule has 12 heavy (non-hydrogen) atoms. The van der Waals surface area contributed by atoms with Crippen LogP contribution in [0.3, 0.4) is 0 Å². The minimum atomic E-state index is -0.449. The maximum Gasteiger partial charge on any atom is 0.0565 e. The Morgan fingerprint density at radius 1 is 1.25 bits per heavy atom. The Hall–Kier alpha value is 0.761. The van der Waals surface area contributed by atoms with Crippen molar-refractivity contribution in [2.75, 3.05) is 0 Å². The summed E-state index contributed by atoms with van der Waals surface area (Å²) in [5.41, 5.74) is 0. The van der Waals surface area contributed by atoms with Gasteiger partial charge in [0.15, 0.2) is 0 Å². The van der Waals surface area contributed by atoms with Crippen LogP contribution in [0, 0.1) is 0 Å². The molecule has 0 N–H and O–H groups in total. The van der Waals surface area contributed by atoms with Crippen molar-refractivity contribution in [2.45, 2.75) is 30.8 Å².